The molecular weight excluding hydrogens is 284 g/mol. The minimum atomic E-state index is -1.69. The summed E-state index contributed by atoms with van der Waals surface area (Å²) >= 11 is 0. The van der Waals surface area contributed by atoms with Crippen LogP contribution >= 0.6 is 0 Å². The van der Waals surface area contributed by atoms with Gasteiger partial charge in [0.25, 0.3) is 11.6 Å². The van der Waals surface area contributed by atoms with Crippen LogP contribution in [0.5, 0.6) is 5.75 Å². The van der Waals surface area contributed by atoms with Crippen molar-refractivity contribution in [1.82, 2.24) is 5.32 Å². The molecule has 0 aromatic heterocycles. The van der Waals surface area contributed by atoms with Gasteiger partial charge in [0.15, 0.2) is 5.56 Å². The quantitative estimate of drug-likeness (QED) is 0.375. The fourth-order valence-electron chi connectivity index (χ4n) is 1.64. The molecule has 21 heavy (non-hydrogen) atoms. The van der Waals surface area contributed by atoms with Crippen molar-refractivity contribution in [3.8, 4) is 5.75 Å². The van der Waals surface area contributed by atoms with E-state index in [-0.39, 0.29) is 11.3 Å². The van der Waals surface area contributed by atoms with Gasteiger partial charge in [-0.25, -0.2) is 0 Å². The standard InChI is InChI=1S/C12H16N2O7/c1-21-9-4-2-3-8(14(19)20)10(9)11(18)13-12(5-15,6-16)7-17/h2-4,15-17H,5-7H2,1H3,(H,13,18). The fraction of sp³-hybridized carbons (Fsp3) is 0.417. The number of rotatable bonds is 7. The van der Waals surface area contributed by atoms with E-state index < -0.39 is 41.9 Å². The van der Waals surface area contributed by atoms with E-state index >= 15 is 0 Å². The zero-order valence-corrected chi connectivity index (χ0v) is 11.3. The van der Waals surface area contributed by atoms with Gasteiger partial charge < -0.3 is 25.4 Å². The van der Waals surface area contributed by atoms with Crippen LogP contribution in [-0.2, 0) is 0 Å². The lowest BCUT2D eigenvalue weighted by Gasteiger charge is -2.28. The first-order valence-corrected chi connectivity index (χ1v) is 5.91. The summed E-state index contributed by atoms with van der Waals surface area (Å²) in [6.45, 7) is -2.22. The number of carbonyl (C=O) groups is 1. The molecule has 0 fully saturated rings. The van der Waals surface area contributed by atoms with Gasteiger partial charge in [0, 0.05) is 6.07 Å². The minimum Gasteiger partial charge on any atom is -0.496 e. The molecule has 0 spiro atoms. The van der Waals surface area contributed by atoms with E-state index in [1.54, 1.807) is 0 Å². The SMILES string of the molecule is COc1cccc([N+](=O)[O-])c1C(=O)NC(CO)(CO)CO. The molecule has 9 nitrogen and oxygen atoms in total. The maximum Gasteiger partial charge on any atom is 0.285 e. The van der Waals surface area contributed by atoms with E-state index in [0.29, 0.717) is 0 Å². The average molecular weight is 300 g/mol. The lowest BCUT2D eigenvalue weighted by Crippen LogP contribution is -2.57. The Labute approximate surface area is 119 Å². The molecule has 0 atom stereocenters. The monoisotopic (exact) mass is 300 g/mol. The summed E-state index contributed by atoms with van der Waals surface area (Å²) in [6.07, 6.45) is 0. The van der Waals surface area contributed by atoms with Crippen LogP contribution in [0.4, 0.5) is 5.69 Å². The topological polar surface area (TPSA) is 142 Å². The van der Waals surface area contributed by atoms with Gasteiger partial charge in [0.1, 0.15) is 11.3 Å². The molecule has 0 saturated heterocycles. The van der Waals surface area contributed by atoms with Crippen LogP contribution in [-0.4, -0.2) is 58.6 Å². The molecule has 0 heterocycles. The Morgan fingerprint density at radius 1 is 1.33 bits per heavy atom. The van der Waals surface area contributed by atoms with Crippen LogP contribution in [0.25, 0.3) is 0 Å². The molecule has 0 aliphatic rings. The third-order valence-electron chi connectivity index (χ3n) is 2.93. The molecule has 1 aromatic carbocycles. The first kappa shape index (κ1) is 16.8. The third kappa shape index (κ3) is 3.45. The predicted octanol–water partition coefficient (Wildman–Crippen LogP) is -0.951. The van der Waals surface area contributed by atoms with Gasteiger partial charge in [0.2, 0.25) is 0 Å². The molecule has 116 valence electrons. The van der Waals surface area contributed by atoms with Crippen molar-refractivity contribution in [2.24, 2.45) is 0 Å². The second-order valence-electron chi connectivity index (χ2n) is 4.32. The maximum absolute atomic E-state index is 12.2. The first-order valence-electron chi connectivity index (χ1n) is 5.91. The number of nitrogens with one attached hydrogen (secondary N) is 1. The largest absolute Gasteiger partial charge is 0.496 e. The van der Waals surface area contributed by atoms with Gasteiger partial charge in [-0.1, -0.05) is 6.07 Å². The Kier molecular flexibility index (Phi) is 5.59. The van der Waals surface area contributed by atoms with Gasteiger partial charge >= 0.3 is 0 Å². The van der Waals surface area contributed by atoms with Crippen LogP contribution in [0.3, 0.4) is 0 Å². The molecule has 0 aliphatic carbocycles. The molecule has 0 unspecified atom stereocenters. The van der Waals surface area contributed by atoms with Crippen LogP contribution in [0, 0.1) is 10.1 Å². The Bertz CT molecular complexity index is 520. The number of nitrogens with zero attached hydrogens (tertiary/aromatic N) is 1. The Morgan fingerprint density at radius 3 is 2.33 bits per heavy atom. The lowest BCUT2D eigenvalue weighted by atomic mass is 10.0. The van der Waals surface area contributed by atoms with E-state index in [1.165, 1.54) is 19.2 Å². The zero-order chi connectivity index (χ0) is 16.0. The van der Waals surface area contributed by atoms with E-state index in [0.717, 1.165) is 6.07 Å². The van der Waals surface area contributed by atoms with Crippen molar-refractivity contribution in [2.45, 2.75) is 5.54 Å². The van der Waals surface area contributed by atoms with Crippen LogP contribution in [0.1, 0.15) is 10.4 Å². The molecule has 0 aliphatic heterocycles. The van der Waals surface area contributed by atoms with Crippen molar-refractivity contribution in [3.63, 3.8) is 0 Å². The predicted molar refractivity (Wildman–Crippen MR) is 71.1 cm³/mol. The number of nitro groups is 1. The Morgan fingerprint density at radius 2 is 1.90 bits per heavy atom. The minimum absolute atomic E-state index is 0.0376. The molecule has 0 bridgehead atoms. The molecule has 4 N–H and O–H groups in total. The summed E-state index contributed by atoms with van der Waals surface area (Å²) in [7, 11) is 1.24. The number of nitro benzene ring substituents is 1. The van der Waals surface area contributed by atoms with Crippen LogP contribution in [0.2, 0.25) is 0 Å². The number of methoxy groups -OCH3 is 1. The maximum atomic E-state index is 12.2. The van der Waals surface area contributed by atoms with Crippen molar-refractivity contribution in [2.75, 3.05) is 26.9 Å². The molecule has 0 radical (unpaired) electrons. The number of aliphatic hydroxyl groups is 3. The van der Waals surface area contributed by atoms with Gasteiger partial charge in [0.05, 0.1) is 31.9 Å². The summed E-state index contributed by atoms with van der Waals surface area (Å²) in [5, 5.41) is 40.7. The summed E-state index contributed by atoms with van der Waals surface area (Å²) < 4.78 is 4.92. The molecular formula is C12H16N2O7. The summed E-state index contributed by atoms with van der Waals surface area (Å²) in [4.78, 5) is 22.4. The Hall–Kier alpha value is -2.23. The fourth-order valence-corrected chi connectivity index (χ4v) is 1.64. The molecule has 1 aromatic rings. The van der Waals surface area contributed by atoms with Crippen molar-refractivity contribution in [1.29, 1.82) is 0 Å². The second-order valence-corrected chi connectivity index (χ2v) is 4.32. The summed E-state index contributed by atoms with van der Waals surface area (Å²) in [5.74, 6) is -0.985. The number of hydrogen-bond acceptors (Lipinski definition) is 7. The van der Waals surface area contributed by atoms with Gasteiger partial charge in [-0.05, 0) is 6.07 Å². The molecule has 1 amide bonds. The number of benzene rings is 1. The van der Waals surface area contributed by atoms with Gasteiger partial charge in [-0.15, -0.1) is 0 Å². The number of carbonyl (C=O) groups excluding carboxylic acids is 1. The highest BCUT2D eigenvalue weighted by atomic mass is 16.6. The van der Waals surface area contributed by atoms with Crippen molar-refractivity contribution >= 4 is 11.6 Å². The van der Waals surface area contributed by atoms with E-state index in [4.69, 9.17) is 4.74 Å². The van der Waals surface area contributed by atoms with Crippen molar-refractivity contribution < 1.29 is 29.8 Å². The highest BCUT2D eigenvalue weighted by Crippen LogP contribution is 2.28. The van der Waals surface area contributed by atoms with Crippen LogP contribution in [0.15, 0.2) is 18.2 Å². The van der Waals surface area contributed by atoms with Gasteiger partial charge in [-0.2, -0.15) is 0 Å². The Balaban J connectivity index is 3.26. The van der Waals surface area contributed by atoms with Gasteiger partial charge in [-0.3, -0.25) is 14.9 Å². The number of hydrogen-bond donors (Lipinski definition) is 4. The highest BCUT2D eigenvalue weighted by molar-refractivity contribution is 6.01. The van der Waals surface area contributed by atoms with Crippen LogP contribution < -0.4 is 10.1 Å². The normalized spacial score (nSPS) is 11.0. The molecule has 9 heteroatoms. The smallest absolute Gasteiger partial charge is 0.285 e. The first-order chi connectivity index (χ1) is 9.94. The number of ether oxygens (including phenoxy) is 1. The number of aliphatic hydroxyl groups excluding tert-OH is 3. The molecule has 1 rings (SSSR count). The number of amides is 1. The third-order valence-corrected chi connectivity index (χ3v) is 2.93. The average Bonchev–Trinajstić information content (AvgIpc) is 2.51. The summed E-state index contributed by atoms with van der Waals surface area (Å²) in [5.41, 5.74) is -2.54. The zero-order valence-electron chi connectivity index (χ0n) is 11.3. The van der Waals surface area contributed by atoms with E-state index in [1.807, 2.05) is 0 Å². The van der Waals surface area contributed by atoms with E-state index in [2.05, 4.69) is 5.32 Å². The second kappa shape index (κ2) is 6.97. The highest BCUT2D eigenvalue weighted by Gasteiger charge is 2.34. The lowest BCUT2D eigenvalue weighted by molar-refractivity contribution is -0.385. The van der Waals surface area contributed by atoms with Crippen molar-refractivity contribution in [3.05, 3.63) is 33.9 Å². The molecule has 0 saturated carbocycles. The van der Waals surface area contributed by atoms with E-state index in [9.17, 15) is 30.2 Å². The summed E-state index contributed by atoms with van der Waals surface area (Å²) in [6, 6.07) is 3.83.